The van der Waals surface area contributed by atoms with Crippen LogP contribution in [0.3, 0.4) is 0 Å². The van der Waals surface area contributed by atoms with E-state index >= 15 is 0 Å². The number of rotatable bonds is 5. The molecule has 0 amide bonds. The Hall–Kier alpha value is -1.81. The van der Waals surface area contributed by atoms with E-state index in [1.54, 1.807) is 0 Å². The van der Waals surface area contributed by atoms with Crippen molar-refractivity contribution in [1.29, 1.82) is 0 Å². The molecule has 0 unspecified atom stereocenters. The molecule has 0 radical (unpaired) electrons. The number of alkyl halides is 2. The van der Waals surface area contributed by atoms with Crippen LogP contribution in [0.2, 0.25) is 0 Å². The van der Waals surface area contributed by atoms with Crippen LogP contribution in [-0.2, 0) is 9.05 Å². The smallest absolute Gasteiger partial charge is 0.387 e. The van der Waals surface area contributed by atoms with Crippen LogP contribution in [0, 0.1) is 10.1 Å². The van der Waals surface area contributed by atoms with Gasteiger partial charge in [0.15, 0.2) is 6.29 Å². The van der Waals surface area contributed by atoms with Gasteiger partial charge in [0.2, 0.25) is 0 Å². The zero-order chi connectivity index (χ0) is 14.8. The number of nitro benzene ring substituents is 1. The van der Waals surface area contributed by atoms with E-state index in [9.17, 15) is 32.1 Å². The van der Waals surface area contributed by atoms with Crippen molar-refractivity contribution < 1.29 is 31.7 Å². The van der Waals surface area contributed by atoms with Crippen molar-refractivity contribution in [2.45, 2.75) is 11.5 Å². The Balaban J connectivity index is 3.64. The normalized spacial score (nSPS) is 11.4. The highest BCUT2D eigenvalue weighted by molar-refractivity contribution is 8.13. The number of hydrogen-bond acceptors (Lipinski definition) is 6. The molecule has 0 N–H and O–H groups in total. The molecule has 0 spiro atoms. The Morgan fingerprint density at radius 3 is 2.37 bits per heavy atom. The van der Waals surface area contributed by atoms with Gasteiger partial charge < -0.3 is 4.74 Å². The number of nitrogens with zero attached hydrogens (tertiary/aromatic N) is 1. The van der Waals surface area contributed by atoms with E-state index in [4.69, 9.17) is 10.7 Å². The van der Waals surface area contributed by atoms with Crippen molar-refractivity contribution in [2.75, 3.05) is 0 Å². The van der Waals surface area contributed by atoms with Gasteiger partial charge >= 0.3 is 6.61 Å². The average Bonchev–Trinajstić information content (AvgIpc) is 2.25. The highest BCUT2D eigenvalue weighted by atomic mass is 35.7. The molecule has 0 bridgehead atoms. The number of benzene rings is 1. The van der Waals surface area contributed by atoms with E-state index < -0.39 is 42.5 Å². The molecule has 0 aromatic heterocycles. The van der Waals surface area contributed by atoms with E-state index in [-0.39, 0.29) is 6.29 Å². The summed E-state index contributed by atoms with van der Waals surface area (Å²) in [4.78, 5) is 19.3. The van der Waals surface area contributed by atoms with Crippen LogP contribution in [0.25, 0.3) is 0 Å². The summed E-state index contributed by atoms with van der Waals surface area (Å²) in [5.74, 6) is -0.800. The van der Waals surface area contributed by atoms with Crippen molar-refractivity contribution in [2.24, 2.45) is 0 Å². The largest absolute Gasteiger partial charge is 0.435 e. The fourth-order valence-electron chi connectivity index (χ4n) is 1.23. The lowest BCUT2D eigenvalue weighted by molar-refractivity contribution is -0.385. The number of carbonyl (C=O) groups is 1. The van der Waals surface area contributed by atoms with E-state index in [0.29, 0.717) is 12.1 Å². The molecule has 0 fully saturated rings. The number of halogens is 3. The van der Waals surface area contributed by atoms with Gasteiger partial charge in [-0.3, -0.25) is 14.9 Å². The maximum absolute atomic E-state index is 12.0. The summed E-state index contributed by atoms with van der Waals surface area (Å²) in [6.07, 6.45) is -0.112. The summed E-state index contributed by atoms with van der Waals surface area (Å²) in [6, 6.07) is 1.01. The quantitative estimate of drug-likeness (QED) is 0.356. The predicted octanol–water partition coefficient (Wildman–Crippen LogP) is 1.94. The van der Waals surface area contributed by atoms with Crippen LogP contribution >= 0.6 is 10.7 Å². The molecule has 0 aliphatic rings. The van der Waals surface area contributed by atoms with Gasteiger partial charge in [0.1, 0.15) is 16.2 Å². The third-order valence-electron chi connectivity index (χ3n) is 1.90. The summed E-state index contributed by atoms with van der Waals surface area (Å²) in [5.41, 5.74) is -1.85. The number of hydrogen-bond donors (Lipinski definition) is 0. The number of aldehydes is 1. The average molecular weight is 316 g/mol. The zero-order valence-electron chi connectivity index (χ0n) is 8.75. The van der Waals surface area contributed by atoms with Gasteiger partial charge in [-0.25, -0.2) is 8.42 Å². The third kappa shape index (κ3) is 3.58. The van der Waals surface area contributed by atoms with Gasteiger partial charge in [0.05, 0.1) is 11.0 Å². The van der Waals surface area contributed by atoms with Crippen LogP contribution in [0.15, 0.2) is 17.0 Å². The molecule has 7 nitrogen and oxygen atoms in total. The predicted molar refractivity (Wildman–Crippen MR) is 58.2 cm³/mol. The first-order valence-corrected chi connectivity index (χ1v) is 6.65. The zero-order valence-corrected chi connectivity index (χ0v) is 10.3. The Kier molecular flexibility index (Phi) is 4.37. The van der Waals surface area contributed by atoms with Crippen LogP contribution in [0.5, 0.6) is 5.75 Å². The van der Waals surface area contributed by atoms with E-state index in [0.717, 1.165) is 0 Å². The molecule has 104 valence electrons. The first-order valence-electron chi connectivity index (χ1n) is 4.34. The van der Waals surface area contributed by atoms with E-state index in [1.165, 1.54) is 0 Å². The minimum Gasteiger partial charge on any atom is -0.435 e. The number of ether oxygens (including phenoxy) is 1. The molecule has 0 atom stereocenters. The van der Waals surface area contributed by atoms with Crippen molar-refractivity contribution in [1.82, 2.24) is 0 Å². The van der Waals surface area contributed by atoms with Gasteiger partial charge in [-0.2, -0.15) is 8.78 Å². The van der Waals surface area contributed by atoms with Gasteiger partial charge in [-0.1, -0.05) is 0 Å². The Labute approximate surface area is 109 Å². The SMILES string of the molecule is O=Cc1c([N+](=O)[O-])cc(OC(F)F)cc1S(=O)(=O)Cl. The molecular weight excluding hydrogens is 312 g/mol. The van der Waals surface area contributed by atoms with Crippen LogP contribution < -0.4 is 4.74 Å². The molecule has 19 heavy (non-hydrogen) atoms. The molecular formula is C8H4ClF2NO6S. The van der Waals surface area contributed by atoms with Crippen molar-refractivity contribution >= 4 is 31.7 Å². The molecule has 1 rings (SSSR count). The summed E-state index contributed by atoms with van der Waals surface area (Å²) in [6.45, 7) is -3.33. The summed E-state index contributed by atoms with van der Waals surface area (Å²) in [7, 11) is 0.427. The molecule has 0 saturated heterocycles. The molecule has 0 saturated carbocycles. The summed E-state index contributed by atoms with van der Waals surface area (Å²) in [5, 5.41) is 10.7. The monoisotopic (exact) mass is 315 g/mol. The summed E-state index contributed by atoms with van der Waals surface area (Å²) >= 11 is 0. The van der Waals surface area contributed by atoms with Gasteiger partial charge in [0, 0.05) is 16.7 Å². The molecule has 0 heterocycles. The second kappa shape index (κ2) is 5.45. The Morgan fingerprint density at radius 2 is 2.00 bits per heavy atom. The van der Waals surface area contributed by atoms with Gasteiger partial charge in [0.25, 0.3) is 14.7 Å². The third-order valence-corrected chi connectivity index (χ3v) is 3.26. The second-order valence-corrected chi connectivity index (χ2v) is 5.58. The Bertz CT molecular complexity index is 632. The standard InChI is InChI=1S/C8H4ClF2NO6S/c9-19(16,17)7-2-4(18-8(10)11)1-6(12(14)15)5(7)3-13/h1-3,8H. The van der Waals surface area contributed by atoms with Gasteiger partial charge in [-0.05, 0) is 0 Å². The van der Waals surface area contributed by atoms with Crippen molar-refractivity contribution in [3.8, 4) is 5.75 Å². The number of nitro groups is 1. The first kappa shape index (κ1) is 15.2. The lowest BCUT2D eigenvalue weighted by Crippen LogP contribution is -2.07. The van der Waals surface area contributed by atoms with Gasteiger partial charge in [-0.15, -0.1) is 0 Å². The highest BCUT2D eigenvalue weighted by Crippen LogP contribution is 2.32. The van der Waals surface area contributed by atoms with Crippen molar-refractivity contribution in [3.63, 3.8) is 0 Å². The topological polar surface area (TPSA) is 104 Å². The fourth-order valence-corrected chi connectivity index (χ4v) is 2.28. The minimum atomic E-state index is -4.55. The lowest BCUT2D eigenvalue weighted by Gasteiger charge is -2.08. The number of carbonyl (C=O) groups excluding carboxylic acids is 1. The summed E-state index contributed by atoms with van der Waals surface area (Å²) < 4.78 is 50.2. The molecule has 1 aromatic carbocycles. The van der Waals surface area contributed by atoms with Crippen molar-refractivity contribution in [3.05, 3.63) is 27.8 Å². The fraction of sp³-hybridized carbons (Fsp3) is 0.125. The highest BCUT2D eigenvalue weighted by Gasteiger charge is 2.27. The lowest BCUT2D eigenvalue weighted by atomic mass is 10.2. The maximum atomic E-state index is 12.0. The van der Waals surface area contributed by atoms with Crippen LogP contribution in [0.1, 0.15) is 10.4 Å². The molecule has 11 heteroatoms. The minimum absolute atomic E-state index is 0.112. The molecule has 1 aromatic rings. The molecule has 0 aliphatic heterocycles. The first-order chi connectivity index (χ1) is 8.66. The molecule has 0 aliphatic carbocycles. The Morgan fingerprint density at radius 1 is 1.42 bits per heavy atom. The second-order valence-electron chi connectivity index (χ2n) is 3.05. The van der Waals surface area contributed by atoms with E-state index in [1.807, 2.05) is 0 Å². The van der Waals surface area contributed by atoms with E-state index in [2.05, 4.69) is 4.74 Å². The van der Waals surface area contributed by atoms with Crippen LogP contribution in [0.4, 0.5) is 14.5 Å². The van der Waals surface area contributed by atoms with Crippen LogP contribution in [-0.4, -0.2) is 26.2 Å². The maximum Gasteiger partial charge on any atom is 0.387 e.